The Hall–Kier alpha value is -3.26. The van der Waals surface area contributed by atoms with E-state index in [4.69, 9.17) is 19.8 Å². The van der Waals surface area contributed by atoms with Crippen LogP contribution in [0.2, 0.25) is 0 Å². The number of nitrogens with one attached hydrogen (secondary N) is 1. The molecule has 0 unspecified atom stereocenters. The Morgan fingerprint density at radius 1 is 0.962 bits per heavy atom. The first-order valence-corrected chi connectivity index (χ1v) is 7.64. The van der Waals surface area contributed by atoms with Crippen LogP contribution < -0.4 is 15.1 Å². The van der Waals surface area contributed by atoms with Crippen molar-refractivity contribution < 1.29 is 29.4 Å². The quantitative estimate of drug-likeness (QED) is 0.614. The molecule has 0 aliphatic carbocycles. The summed E-state index contributed by atoms with van der Waals surface area (Å²) >= 11 is 0. The molecule has 0 fully saturated rings. The van der Waals surface area contributed by atoms with Crippen LogP contribution in [0.15, 0.2) is 54.6 Å². The van der Waals surface area contributed by atoms with E-state index in [1.165, 1.54) is 12.2 Å². The Balaban J connectivity index is 0.000000260. The third-order valence-electron chi connectivity index (χ3n) is 3.08. The Morgan fingerprint density at radius 2 is 1.58 bits per heavy atom. The average Bonchev–Trinajstić information content (AvgIpc) is 2.66. The number of anilines is 2. The molecule has 0 radical (unpaired) electrons. The number of hydrogen-bond donors (Lipinski definition) is 3. The van der Waals surface area contributed by atoms with Gasteiger partial charge in [-0.2, -0.15) is 0 Å². The van der Waals surface area contributed by atoms with Crippen molar-refractivity contribution in [3.8, 4) is 5.75 Å². The third kappa shape index (κ3) is 8.02. The second-order valence-electron chi connectivity index (χ2n) is 4.92. The van der Waals surface area contributed by atoms with Gasteiger partial charge in [0.15, 0.2) is 0 Å². The molecule has 0 amide bonds. The summed E-state index contributed by atoms with van der Waals surface area (Å²) in [5, 5.41) is 21.0. The summed E-state index contributed by atoms with van der Waals surface area (Å²) in [6.45, 7) is -0.243. The number of methoxy groups -OCH3 is 1. The van der Waals surface area contributed by atoms with Gasteiger partial charge in [0.1, 0.15) is 18.8 Å². The molecule has 2 aromatic carbocycles. The number of carboxylic acids is 2. The fourth-order valence-corrected chi connectivity index (χ4v) is 1.86. The van der Waals surface area contributed by atoms with Crippen molar-refractivity contribution in [2.45, 2.75) is 0 Å². The Kier molecular flexibility index (Phi) is 9.05. The number of hydroxylamine groups is 1. The van der Waals surface area contributed by atoms with Crippen LogP contribution in [0, 0.1) is 0 Å². The maximum Gasteiger partial charge on any atom is 0.325 e. The molecule has 2 aromatic rings. The van der Waals surface area contributed by atoms with E-state index in [0.717, 1.165) is 17.1 Å². The molecular formula is C18H22N2O6. The zero-order valence-corrected chi connectivity index (χ0v) is 14.6. The molecule has 8 heteroatoms. The lowest BCUT2D eigenvalue weighted by molar-refractivity contribution is -0.137. The number of carbonyl (C=O) groups is 2. The number of carboxylic acid groups (broad SMARTS) is 2. The smallest absolute Gasteiger partial charge is 0.325 e. The van der Waals surface area contributed by atoms with Gasteiger partial charge in [0.2, 0.25) is 0 Å². The summed E-state index contributed by atoms with van der Waals surface area (Å²) in [5.41, 5.74) is 1.50. The largest absolute Gasteiger partial charge is 0.497 e. The topological polar surface area (TPSA) is 108 Å². The maximum atomic E-state index is 10.4. The van der Waals surface area contributed by atoms with Gasteiger partial charge in [0, 0.05) is 5.69 Å². The van der Waals surface area contributed by atoms with Crippen molar-refractivity contribution in [3.63, 3.8) is 0 Å². The number of nitrogens with zero attached hydrogens (tertiary/aromatic N) is 1. The van der Waals surface area contributed by atoms with Crippen LogP contribution in [0.4, 0.5) is 11.4 Å². The molecular weight excluding hydrogens is 340 g/mol. The molecule has 3 N–H and O–H groups in total. The molecule has 0 saturated heterocycles. The monoisotopic (exact) mass is 362 g/mol. The molecule has 8 nitrogen and oxygen atoms in total. The van der Waals surface area contributed by atoms with Gasteiger partial charge in [-0.15, -0.1) is 0 Å². The van der Waals surface area contributed by atoms with Gasteiger partial charge in [-0.05, 0) is 36.4 Å². The van der Waals surface area contributed by atoms with Gasteiger partial charge >= 0.3 is 11.9 Å². The van der Waals surface area contributed by atoms with Gasteiger partial charge in [0.25, 0.3) is 0 Å². The van der Waals surface area contributed by atoms with Gasteiger partial charge in [-0.1, -0.05) is 18.2 Å². The summed E-state index contributed by atoms with van der Waals surface area (Å²) in [5.74, 6) is -1.05. The minimum Gasteiger partial charge on any atom is -0.497 e. The van der Waals surface area contributed by atoms with E-state index >= 15 is 0 Å². The Morgan fingerprint density at radius 3 is 2.04 bits per heavy atom. The van der Waals surface area contributed by atoms with Crippen molar-refractivity contribution >= 4 is 23.3 Å². The van der Waals surface area contributed by atoms with Crippen LogP contribution in [-0.4, -0.2) is 49.5 Å². The summed E-state index contributed by atoms with van der Waals surface area (Å²) in [6.07, 6.45) is 0. The molecule has 0 saturated carbocycles. The Bertz CT molecular complexity index is 676. The summed E-state index contributed by atoms with van der Waals surface area (Å²) in [6, 6.07) is 16.1. The number of ether oxygens (including phenoxy) is 1. The predicted molar refractivity (Wildman–Crippen MR) is 97.6 cm³/mol. The first kappa shape index (κ1) is 20.8. The lowest BCUT2D eigenvalue weighted by atomic mass is 10.3. The molecule has 0 aromatic heterocycles. The minimum absolute atomic E-state index is 0.0771. The lowest BCUT2D eigenvalue weighted by Gasteiger charge is -2.18. The lowest BCUT2D eigenvalue weighted by Crippen LogP contribution is -2.28. The number of hydrogen-bond acceptors (Lipinski definition) is 6. The fourth-order valence-electron chi connectivity index (χ4n) is 1.86. The van der Waals surface area contributed by atoms with Crippen LogP contribution in [0.1, 0.15) is 0 Å². The molecule has 140 valence electrons. The second-order valence-corrected chi connectivity index (χ2v) is 4.92. The molecule has 0 spiro atoms. The Labute approximate surface area is 151 Å². The highest BCUT2D eigenvalue weighted by Crippen LogP contribution is 2.14. The van der Waals surface area contributed by atoms with Gasteiger partial charge < -0.3 is 20.3 Å². The molecule has 2 rings (SSSR count). The molecule has 0 aliphatic rings. The number of benzene rings is 2. The number of para-hydroxylation sites is 1. The fraction of sp³-hybridized carbons (Fsp3) is 0.222. The standard InChI is InChI=1S/2C9H11NO3/c1-13-8-4-2-7(3-5-8)10-6-9(11)12;1-13-10(7-9(11)12)8-5-3-2-4-6-8/h2-5,10H,6H2,1H3,(H,11,12);2-6H,7H2,1H3,(H,11,12). The highest BCUT2D eigenvalue weighted by Gasteiger charge is 2.08. The average molecular weight is 362 g/mol. The highest BCUT2D eigenvalue weighted by atomic mass is 16.7. The summed E-state index contributed by atoms with van der Waals surface area (Å²) < 4.78 is 4.95. The highest BCUT2D eigenvalue weighted by molar-refractivity contribution is 5.73. The zero-order valence-electron chi connectivity index (χ0n) is 14.6. The first-order valence-electron chi connectivity index (χ1n) is 7.64. The SMILES string of the molecule is CON(CC(=O)O)c1ccccc1.COc1ccc(NCC(=O)O)cc1. The molecule has 0 atom stereocenters. The normalized spacial score (nSPS) is 9.46. The van der Waals surface area contributed by atoms with E-state index in [0.29, 0.717) is 0 Å². The van der Waals surface area contributed by atoms with Crippen molar-refractivity contribution in [1.82, 2.24) is 0 Å². The molecule has 26 heavy (non-hydrogen) atoms. The maximum absolute atomic E-state index is 10.4. The third-order valence-corrected chi connectivity index (χ3v) is 3.08. The first-order chi connectivity index (χ1) is 12.5. The summed E-state index contributed by atoms with van der Waals surface area (Å²) in [4.78, 5) is 25.5. The van der Waals surface area contributed by atoms with Crippen LogP contribution >= 0.6 is 0 Å². The van der Waals surface area contributed by atoms with E-state index in [1.807, 2.05) is 18.2 Å². The molecule has 0 aliphatic heterocycles. The second kappa shape index (κ2) is 11.3. The molecule has 0 bridgehead atoms. The van der Waals surface area contributed by atoms with E-state index in [2.05, 4.69) is 5.32 Å². The van der Waals surface area contributed by atoms with Crippen molar-refractivity contribution in [2.24, 2.45) is 0 Å². The van der Waals surface area contributed by atoms with Gasteiger partial charge in [-0.25, -0.2) is 5.06 Å². The van der Waals surface area contributed by atoms with Crippen molar-refractivity contribution in [2.75, 3.05) is 37.7 Å². The predicted octanol–water partition coefficient (Wildman–Crippen LogP) is 2.33. The van der Waals surface area contributed by atoms with Crippen LogP contribution in [0.25, 0.3) is 0 Å². The summed E-state index contributed by atoms with van der Waals surface area (Å²) in [7, 11) is 3.02. The van der Waals surface area contributed by atoms with Gasteiger partial charge in [-0.3, -0.25) is 14.4 Å². The van der Waals surface area contributed by atoms with E-state index in [-0.39, 0.29) is 13.1 Å². The van der Waals surface area contributed by atoms with E-state index < -0.39 is 11.9 Å². The number of aliphatic carboxylic acids is 2. The van der Waals surface area contributed by atoms with Crippen molar-refractivity contribution in [3.05, 3.63) is 54.6 Å². The minimum atomic E-state index is -0.925. The molecule has 0 heterocycles. The van der Waals surface area contributed by atoms with E-state index in [9.17, 15) is 9.59 Å². The zero-order chi connectivity index (χ0) is 19.4. The van der Waals surface area contributed by atoms with Crippen LogP contribution in [0.5, 0.6) is 5.75 Å². The van der Waals surface area contributed by atoms with Crippen LogP contribution in [0.3, 0.4) is 0 Å². The van der Waals surface area contributed by atoms with Crippen molar-refractivity contribution in [1.29, 1.82) is 0 Å². The van der Waals surface area contributed by atoms with Crippen LogP contribution in [-0.2, 0) is 14.4 Å². The van der Waals surface area contributed by atoms with E-state index in [1.54, 1.807) is 43.5 Å². The van der Waals surface area contributed by atoms with Gasteiger partial charge in [0.05, 0.1) is 19.9 Å². The number of rotatable bonds is 8.